The van der Waals surface area contributed by atoms with Gasteiger partial charge in [-0.25, -0.2) is 18.7 Å². The van der Waals surface area contributed by atoms with Gasteiger partial charge in [-0.3, -0.25) is 0 Å². The van der Waals surface area contributed by atoms with Crippen molar-refractivity contribution >= 4 is 47.6 Å². The number of aryl methyl sites for hydroxylation is 4. The number of anilines is 8. The zero-order valence-corrected chi connectivity index (χ0v) is 39.3. The van der Waals surface area contributed by atoms with Gasteiger partial charge in [0.25, 0.3) is 0 Å². The molecule has 20 heteroatoms. The first-order valence-electron chi connectivity index (χ1n) is 22.9. The van der Waals surface area contributed by atoms with E-state index in [2.05, 4.69) is 61.6 Å². The van der Waals surface area contributed by atoms with Gasteiger partial charge in [0.1, 0.15) is 0 Å². The SMILES string of the molecule is CC.CC.CC.CC.CCn1nc(N)nc1NCC1CC1.CCn1nc(N)nc1NCC1CC1.CCn1nc(NCC2CC2)nc1N.CCn1nc(NCC2CC2)nc1N. The van der Waals surface area contributed by atoms with E-state index < -0.39 is 0 Å². The van der Waals surface area contributed by atoms with Crippen LogP contribution in [0.15, 0.2) is 0 Å². The minimum Gasteiger partial charge on any atom is -0.368 e. The summed E-state index contributed by atoms with van der Waals surface area (Å²) in [6.07, 6.45) is 10.7. The number of rotatable bonds is 16. The lowest BCUT2D eigenvalue weighted by molar-refractivity contribution is 0.662. The molecule has 4 aliphatic carbocycles. The Morgan fingerprint density at radius 2 is 0.667 bits per heavy atom. The van der Waals surface area contributed by atoms with E-state index >= 15 is 0 Å². The molecular weight excluding hydrogens is 761 g/mol. The smallest absolute Gasteiger partial charge is 0.243 e. The number of nitrogens with one attached hydrogen (secondary N) is 4. The van der Waals surface area contributed by atoms with Gasteiger partial charge in [0.2, 0.25) is 47.6 Å². The quantitative estimate of drug-likeness (QED) is 0.0569. The zero-order chi connectivity index (χ0) is 45.0. The van der Waals surface area contributed by atoms with Crippen LogP contribution in [0.25, 0.3) is 0 Å². The summed E-state index contributed by atoms with van der Waals surface area (Å²) < 4.78 is 6.96. The standard InChI is InChI=1S/4C8H15N5.4C2H6/c2*1-2-13-7(9)11-8(12-13)10-5-6-3-4-6;2*1-2-13-8(11-7(9)12-13)10-5-6-3-4-6;4*1-2/h4*6H,2-5H2,1H3,(H3,9,10,11,12);4*1-2H3. The normalized spacial score (nSPS) is 14.3. The molecule has 12 N–H and O–H groups in total. The molecule has 0 saturated heterocycles. The molecule has 344 valence electrons. The molecule has 0 aromatic carbocycles. The molecule has 4 aromatic rings. The molecule has 4 heterocycles. The summed E-state index contributed by atoms with van der Waals surface area (Å²) in [5, 5.41) is 29.4. The maximum Gasteiger partial charge on any atom is 0.243 e. The molecule has 0 aliphatic heterocycles. The lowest BCUT2D eigenvalue weighted by Gasteiger charge is -2.03. The van der Waals surface area contributed by atoms with E-state index in [9.17, 15) is 0 Å². The Bertz CT molecular complexity index is 1520. The Balaban J connectivity index is 0.000000378. The topological polar surface area (TPSA) is 275 Å². The van der Waals surface area contributed by atoms with Gasteiger partial charge in [-0.1, -0.05) is 55.4 Å². The van der Waals surface area contributed by atoms with Gasteiger partial charge >= 0.3 is 0 Å². The summed E-state index contributed by atoms with van der Waals surface area (Å²) in [5.41, 5.74) is 22.2. The maximum atomic E-state index is 5.62. The van der Waals surface area contributed by atoms with Crippen molar-refractivity contribution in [1.29, 1.82) is 0 Å². The van der Waals surface area contributed by atoms with Crippen molar-refractivity contribution in [1.82, 2.24) is 59.1 Å². The van der Waals surface area contributed by atoms with E-state index in [4.69, 9.17) is 22.9 Å². The van der Waals surface area contributed by atoms with Crippen LogP contribution in [0.1, 0.15) is 134 Å². The Hall–Kier alpha value is -5.04. The molecule has 0 bridgehead atoms. The predicted octanol–water partition coefficient (Wildman–Crippen LogP) is 6.91. The van der Waals surface area contributed by atoms with E-state index in [1.807, 2.05) is 83.1 Å². The van der Waals surface area contributed by atoms with E-state index in [1.54, 1.807) is 18.7 Å². The van der Waals surface area contributed by atoms with E-state index in [-0.39, 0.29) is 0 Å². The van der Waals surface area contributed by atoms with Crippen molar-refractivity contribution in [2.24, 2.45) is 23.7 Å². The highest BCUT2D eigenvalue weighted by Crippen LogP contribution is 2.30. The highest BCUT2D eigenvalue weighted by molar-refractivity contribution is 5.34. The first-order chi connectivity index (χ1) is 29.2. The third-order valence-electron chi connectivity index (χ3n) is 8.96. The number of hydrogen-bond acceptors (Lipinski definition) is 16. The van der Waals surface area contributed by atoms with Gasteiger partial charge in [-0.2, -0.15) is 19.9 Å². The van der Waals surface area contributed by atoms with E-state index in [1.165, 1.54) is 51.4 Å². The third-order valence-corrected chi connectivity index (χ3v) is 8.96. The van der Waals surface area contributed by atoms with Crippen LogP contribution in [0.5, 0.6) is 0 Å². The van der Waals surface area contributed by atoms with Crippen LogP contribution in [0, 0.1) is 23.7 Å². The summed E-state index contributed by atoms with van der Waals surface area (Å²) in [6.45, 7) is 31.1. The second-order valence-electron chi connectivity index (χ2n) is 13.7. The summed E-state index contributed by atoms with van der Waals surface area (Å²) in [5.74, 6) is 7.91. The van der Waals surface area contributed by atoms with Gasteiger partial charge < -0.3 is 44.2 Å². The fraction of sp³-hybridized carbons (Fsp3) is 0.800. The number of nitrogens with zero attached hydrogens (tertiary/aromatic N) is 12. The Morgan fingerprint density at radius 3 is 0.900 bits per heavy atom. The van der Waals surface area contributed by atoms with Gasteiger partial charge in [-0.15, -0.1) is 20.4 Å². The van der Waals surface area contributed by atoms with Crippen LogP contribution in [0.3, 0.4) is 0 Å². The van der Waals surface area contributed by atoms with Crippen LogP contribution in [0.2, 0.25) is 0 Å². The fourth-order valence-corrected chi connectivity index (χ4v) is 4.98. The van der Waals surface area contributed by atoms with Crippen molar-refractivity contribution in [2.75, 3.05) is 70.4 Å². The molecule has 0 unspecified atom stereocenters. The molecule has 4 saturated carbocycles. The lowest BCUT2D eigenvalue weighted by Crippen LogP contribution is -2.10. The molecule has 4 aliphatic rings. The summed E-state index contributed by atoms with van der Waals surface area (Å²) in [4.78, 5) is 16.4. The second kappa shape index (κ2) is 30.1. The minimum absolute atomic E-state index is 0.347. The fourth-order valence-electron chi connectivity index (χ4n) is 4.98. The molecule has 8 rings (SSSR count). The number of hydrogen-bond donors (Lipinski definition) is 8. The van der Waals surface area contributed by atoms with Crippen LogP contribution >= 0.6 is 0 Å². The summed E-state index contributed by atoms with van der Waals surface area (Å²) >= 11 is 0. The van der Waals surface area contributed by atoms with Crippen molar-refractivity contribution in [3.8, 4) is 0 Å². The average molecular weight is 845 g/mol. The second-order valence-corrected chi connectivity index (χ2v) is 13.7. The van der Waals surface area contributed by atoms with Crippen molar-refractivity contribution < 1.29 is 0 Å². The first kappa shape index (κ1) is 53.0. The molecule has 4 fully saturated rings. The van der Waals surface area contributed by atoms with Crippen molar-refractivity contribution in [2.45, 2.75) is 161 Å². The van der Waals surface area contributed by atoms with E-state index in [0.29, 0.717) is 35.7 Å². The molecular formula is C40H84N20. The number of aromatic nitrogens is 12. The largest absolute Gasteiger partial charge is 0.368 e. The maximum absolute atomic E-state index is 5.62. The molecule has 20 nitrogen and oxygen atoms in total. The Labute approximate surface area is 360 Å². The molecule has 4 aromatic heterocycles. The van der Waals surface area contributed by atoms with E-state index in [0.717, 1.165) is 87.9 Å². The van der Waals surface area contributed by atoms with Crippen LogP contribution < -0.4 is 44.2 Å². The molecule has 0 spiro atoms. The van der Waals surface area contributed by atoms with Crippen molar-refractivity contribution in [3.63, 3.8) is 0 Å². The number of nitrogens with two attached hydrogens (primary N) is 4. The van der Waals surface area contributed by atoms with Crippen LogP contribution in [-0.2, 0) is 26.2 Å². The van der Waals surface area contributed by atoms with Crippen molar-refractivity contribution in [3.05, 3.63) is 0 Å². The predicted molar refractivity (Wildman–Crippen MR) is 251 cm³/mol. The van der Waals surface area contributed by atoms with Gasteiger partial charge in [0.15, 0.2) is 0 Å². The third kappa shape index (κ3) is 20.8. The van der Waals surface area contributed by atoms with Gasteiger partial charge in [0, 0.05) is 52.4 Å². The highest BCUT2D eigenvalue weighted by Gasteiger charge is 2.23. The molecule has 0 amide bonds. The summed E-state index contributed by atoms with van der Waals surface area (Å²) in [6, 6.07) is 0. The minimum atomic E-state index is 0.347. The van der Waals surface area contributed by atoms with Crippen LogP contribution in [0.4, 0.5) is 47.6 Å². The Morgan fingerprint density at radius 1 is 0.400 bits per heavy atom. The number of nitrogen functional groups attached to an aromatic ring is 4. The average Bonchev–Trinajstić information content (AvgIpc) is 4.10. The van der Waals surface area contributed by atoms with Crippen LogP contribution in [-0.4, -0.2) is 85.2 Å². The monoisotopic (exact) mass is 845 g/mol. The lowest BCUT2D eigenvalue weighted by atomic mass is 10.4. The van der Waals surface area contributed by atoms with Gasteiger partial charge in [-0.05, 0) is 103 Å². The Kier molecular flexibility index (Phi) is 26.5. The summed E-state index contributed by atoms with van der Waals surface area (Å²) in [7, 11) is 0. The first-order valence-corrected chi connectivity index (χ1v) is 22.9. The zero-order valence-electron chi connectivity index (χ0n) is 39.3. The van der Waals surface area contributed by atoms with Gasteiger partial charge in [0.05, 0.1) is 0 Å². The molecule has 0 atom stereocenters. The highest BCUT2D eigenvalue weighted by atomic mass is 15.4. The molecule has 0 radical (unpaired) electrons. The molecule has 60 heavy (non-hydrogen) atoms.